The van der Waals surface area contributed by atoms with Gasteiger partial charge >= 0.3 is 0 Å². The van der Waals surface area contributed by atoms with E-state index >= 15 is 0 Å². The summed E-state index contributed by atoms with van der Waals surface area (Å²) in [4.78, 5) is 16.3. The number of benzene rings is 1. The van der Waals surface area contributed by atoms with E-state index in [0.717, 1.165) is 11.1 Å². The normalized spacial score (nSPS) is 14.0. The van der Waals surface area contributed by atoms with E-state index in [0.29, 0.717) is 5.69 Å². The van der Waals surface area contributed by atoms with Gasteiger partial charge in [0.05, 0.1) is 22.5 Å². The third-order valence-corrected chi connectivity index (χ3v) is 5.41. The smallest absolute Gasteiger partial charge is 0.257 e. The molecule has 2 aromatic rings. The van der Waals surface area contributed by atoms with Gasteiger partial charge in [0, 0.05) is 6.20 Å². The van der Waals surface area contributed by atoms with Crippen molar-refractivity contribution in [3.8, 4) is 0 Å². The number of carbonyl (C=O) groups excluding carboxylic acids is 1. The van der Waals surface area contributed by atoms with Gasteiger partial charge in [0.15, 0.2) is 15.4 Å². The third kappa shape index (κ3) is 4.39. The van der Waals surface area contributed by atoms with Gasteiger partial charge in [0.25, 0.3) is 5.91 Å². The number of hydrogen-bond acceptors (Lipinski definition) is 5. The summed E-state index contributed by atoms with van der Waals surface area (Å²) in [6, 6.07) is 7.93. The standard InChI is InChI=1S/C17H20N2O4S/c1-12-4-6-15(7-5-12)24(22,23)11-17(3,21)16(20)19-14-8-13(2)9-18-10-14/h4-10,21H,11H2,1-3H3,(H,19,20)/t17-/m0/s1. The lowest BCUT2D eigenvalue weighted by Crippen LogP contribution is -2.45. The molecule has 0 spiro atoms. The quantitative estimate of drug-likeness (QED) is 0.860. The molecule has 1 heterocycles. The molecule has 0 fully saturated rings. The van der Waals surface area contributed by atoms with Crippen molar-refractivity contribution < 1.29 is 18.3 Å². The molecular weight excluding hydrogens is 328 g/mol. The molecule has 0 bridgehead atoms. The molecule has 2 N–H and O–H groups in total. The molecular formula is C17H20N2O4S. The van der Waals surface area contributed by atoms with Crippen molar-refractivity contribution in [2.45, 2.75) is 31.3 Å². The van der Waals surface area contributed by atoms with Crippen molar-refractivity contribution in [3.05, 3.63) is 53.9 Å². The molecule has 7 heteroatoms. The topological polar surface area (TPSA) is 96.4 Å². The molecule has 0 unspecified atom stereocenters. The lowest BCUT2D eigenvalue weighted by atomic mass is 10.1. The molecule has 128 valence electrons. The summed E-state index contributed by atoms with van der Waals surface area (Å²) in [5, 5.41) is 12.8. The molecule has 1 atom stereocenters. The fourth-order valence-electron chi connectivity index (χ4n) is 2.15. The maximum atomic E-state index is 12.4. The number of rotatable bonds is 5. The summed E-state index contributed by atoms with van der Waals surface area (Å²) in [7, 11) is -3.81. The molecule has 0 aliphatic heterocycles. The molecule has 1 aromatic carbocycles. The third-order valence-electron chi connectivity index (χ3n) is 3.47. The van der Waals surface area contributed by atoms with Crippen LogP contribution in [0.15, 0.2) is 47.6 Å². The van der Waals surface area contributed by atoms with E-state index in [1.165, 1.54) is 25.3 Å². The number of aromatic nitrogens is 1. The Labute approximate surface area is 141 Å². The SMILES string of the molecule is Cc1ccc(S(=O)(=O)C[C@](C)(O)C(=O)Nc2cncc(C)c2)cc1. The second-order valence-corrected chi connectivity index (χ2v) is 8.04. The number of sulfone groups is 1. The lowest BCUT2D eigenvalue weighted by Gasteiger charge is -2.22. The predicted octanol–water partition coefficient (Wildman–Crippen LogP) is 1.86. The number of carbonyl (C=O) groups is 1. The molecule has 1 aromatic heterocycles. The summed E-state index contributed by atoms with van der Waals surface area (Å²) < 4.78 is 24.8. The highest BCUT2D eigenvalue weighted by atomic mass is 32.2. The van der Waals surface area contributed by atoms with E-state index < -0.39 is 27.1 Å². The number of pyridine rings is 1. The van der Waals surface area contributed by atoms with Gasteiger partial charge in [-0.05, 0) is 44.5 Å². The van der Waals surface area contributed by atoms with Gasteiger partial charge in [0.2, 0.25) is 0 Å². The van der Waals surface area contributed by atoms with Crippen LogP contribution in [-0.4, -0.2) is 35.8 Å². The first-order valence-corrected chi connectivity index (χ1v) is 9.00. The van der Waals surface area contributed by atoms with Gasteiger partial charge in [0.1, 0.15) is 0 Å². The van der Waals surface area contributed by atoms with E-state index in [1.54, 1.807) is 24.4 Å². The molecule has 6 nitrogen and oxygen atoms in total. The second kappa shape index (κ2) is 6.70. The van der Waals surface area contributed by atoms with Crippen molar-refractivity contribution in [1.82, 2.24) is 4.98 Å². The maximum absolute atomic E-state index is 12.4. The van der Waals surface area contributed by atoms with Crippen LogP contribution in [0.4, 0.5) is 5.69 Å². The summed E-state index contributed by atoms with van der Waals surface area (Å²) in [5.41, 5.74) is 0.0751. The van der Waals surface area contributed by atoms with Gasteiger partial charge in [-0.15, -0.1) is 0 Å². The minimum absolute atomic E-state index is 0.0680. The minimum Gasteiger partial charge on any atom is -0.379 e. The zero-order valence-electron chi connectivity index (χ0n) is 13.8. The number of amides is 1. The minimum atomic E-state index is -3.81. The first kappa shape index (κ1) is 18.1. The van der Waals surface area contributed by atoms with Crippen molar-refractivity contribution in [2.75, 3.05) is 11.1 Å². The number of aliphatic hydroxyl groups is 1. The van der Waals surface area contributed by atoms with Gasteiger partial charge in [-0.3, -0.25) is 9.78 Å². The van der Waals surface area contributed by atoms with Crippen molar-refractivity contribution in [2.24, 2.45) is 0 Å². The first-order chi connectivity index (χ1) is 11.1. The summed E-state index contributed by atoms with van der Waals surface area (Å²) in [5.74, 6) is -1.51. The highest BCUT2D eigenvalue weighted by molar-refractivity contribution is 7.91. The molecule has 0 saturated carbocycles. The molecule has 2 rings (SSSR count). The van der Waals surface area contributed by atoms with E-state index in [4.69, 9.17) is 0 Å². The Morgan fingerprint density at radius 2 is 1.79 bits per heavy atom. The number of hydrogen-bond donors (Lipinski definition) is 2. The summed E-state index contributed by atoms with van der Waals surface area (Å²) in [6.07, 6.45) is 3.05. The van der Waals surface area contributed by atoms with Crippen molar-refractivity contribution >= 4 is 21.4 Å². The van der Waals surface area contributed by atoms with Gasteiger partial charge < -0.3 is 10.4 Å². The average Bonchev–Trinajstić information content (AvgIpc) is 2.46. The first-order valence-electron chi connectivity index (χ1n) is 7.35. The largest absolute Gasteiger partial charge is 0.379 e. The van der Waals surface area contributed by atoms with Crippen molar-refractivity contribution in [3.63, 3.8) is 0 Å². The zero-order chi connectivity index (χ0) is 18.0. The second-order valence-electron chi connectivity index (χ2n) is 6.05. The zero-order valence-corrected chi connectivity index (χ0v) is 14.6. The summed E-state index contributed by atoms with van der Waals surface area (Å²) in [6.45, 7) is 4.83. The van der Waals surface area contributed by atoms with Crippen LogP contribution in [0.2, 0.25) is 0 Å². The Kier molecular flexibility index (Phi) is 5.05. The lowest BCUT2D eigenvalue weighted by molar-refractivity contribution is -0.130. The van der Waals surface area contributed by atoms with Gasteiger partial charge in [-0.1, -0.05) is 17.7 Å². The highest BCUT2D eigenvalue weighted by Gasteiger charge is 2.36. The monoisotopic (exact) mass is 348 g/mol. The van der Waals surface area contributed by atoms with Crippen LogP contribution in [0.25, 0.3) is 0 Å². The Morgan fingerprint density at radius 3 is 2.38 bits per heavy atom. The van der Waals surface area contributed by atoms with Crippen LogP contribution >= 0.6 is 0 Å². The Bertz CT molecular complexity index is 843. The fourth-order valence-corrected chi connectivity index (χ4v) is 3.74. The van der Waals surface area contributed by atoms with E-state index in [9.17, 15) is 18.3 Å². The number of aryl methyl sites for hydroxylation is 2. The Balaban J connectivity index is 2.17. The number of nitrogens with zero attached hydrogens (tertiary/aromatic N) is 1. The van der Waals surface area contributed by atoms with Crippen LogP contribution in [0.3, 0.4) is 0 Å². The number of anilines is 1. The van der Waals surface area contributed by atoms with Crippen molar-refractivity contribution in [1.29, 1.82) is 0 Å². The van der Waals surface area contributed by atoms with Gasteiger partial charge in [-0.2, -0.15) is 0 Å². The molecule has 0 saturated heterocycles. The van der Waals surface area contributed by atoms with Crippen LogP contribution in [-0.2, 0) is 14.6 Å². The van der Waals surface area contributed by atoms with Crippen LogP contribution < -0.4 is 5.32 Å². The van der Waals surface area contributed by atoms with Crippen LogP contribution in [0.5, 0.6) is 0 Å². The number of nitrogens with one attached hydrogen (secondary N) is 1. The van der Waals surface area contributed by atoms with E-state index in [-0.39, 0.29) is 4.90 Å². The highest BCUT2D eigenvalue weighted by Crippen LogP contribution is 2.19. The molecule has 24 heavy (non-hydrogen) atoms. The van der Waals surface area contributed by atoms with E-state index in [1.807, 2.05) is 13.8 Å². The Hall–Kier alpha value is -2.25. The van der Waals surface area contributed by atoms with Crippen LogP contribution in [0.1, 0.15) is 18.1 Å². The maximum Gasteiger partial charge on any atom is 0.257 e. The van der Waals surface area contributed by atoms with Gasteiger partial charge in [-0.25, -0.2) is 8.42 Å². The molecule has 0 aliphatic rings. The molecule has 0 radical (unpaired) electrons. The predicted molar refractivity (Wildman–Crippen MR) is 91.5 cm³/mol. The van der Waals surface area contributed by atoms with Crippen LogP contribution in [0, 0.1) is 13.8 Å². The summed E-state index contributed by atoms with van der Waals surface area (Å²) >= 11 is 0. The molecule has 1 amide bonds. The average molecular weight is 348 g/mol. The van der Waals surface area contributed by atoms with E-state index in [2.05, 4.69) is 10.3 Å². The molecule has 0 aliphatic carbocycles. The fraction of sp³-hybridized carbons (Fsp3) is 0.294. The Morgan fingerprint density at radius 1 is 1.17 bits per heavy atom.